The Morgan fingerprint density at radius 2 is 2.24 bits per heavy atom. The molecule has 0 unspecified atom stereocenters. The summed E-state index contributed by atoms with van der Waals surface area (Å²) in [5.74, 6) is 0.555. The lowest BCUT2D eigenvalue weighted by atomic mass is 10.0. The summed E-state index contributed by atoms with van der Waals surface area (Å²) in [4.78, 5) is 13.4. The van der Waals surface area contributed by atoms with E-state index < -0.39 is 0 Å². The Labute approximate surface area is 131 Å². The first-order valence-electron chi connectivity index (χ1n) is 6.56. The molecular weight excluding hydrogens is 308 g/mol. The van der Waals surface area contributed by atoms with Crippen LogP contribution in [0.2, 0.25) is 5.02 Å². The molecule has 3 rings (SSSR count). The van der Waals surface area contributed by atoms with Crippen molar-refractivity contribution < 1.29 is 9.52 Å². The lowest BCUT2D eigenvalue weighted by Gasteiger charge is -2.25. The largest absolute Gasteiger partial charge is 0.618 e. The Morgan fingerprint density at radius 3 is 3.05 bits per heavy atom. The van der Waals surface area contributed by atoms with E-state index in [-0.39, 0.29) is 17.6 Å². The Kier molecular flexibility index (Phi) is 4.03. The Hall–Kier alpha value is -1.72. The van der Waals surface area contributed by atoms with E-state index in [4.69, 9.17) is 11.6 Å². The molecule has 0 bridgehead atoms. The number of carbonyl (C=O) groups excluding carboxylic acids is 1. The second-order valence-corrected chi connectivity index (χ2v) is 6.33. The van der Waals surface area contributed by atoms with E-state index in [2.05, 4.69) is 5.32 Å². The van der Waals surface area contributed by atoms with Crippen molar-refractivity contribution in [3.8, 4) is 0 Å². The van der Waals surface area contributed by atoms with Crippen molar-refractivity contribution in [1.29, 1.82) is 0 Å². The molecule has 1 aromatic carbocycles. The van der Waals surface area contributed by atoms with Gasteiger partial charge in [-0.2, -0.15) is 4.73 Å². The van der Waals surface area contributed by atoms with Gasteiger partial charge in [-0.3, -0.25) is 4.79 Å². The van der Waals surface area contributed by atoms with E-state index >= 15 is 0 Å². The van der Waals surface area contributed by atoms with E-state index in [0.29, 0.717) is 9.75 Å². The van der Waals surface area contributed by atoms with Gasteiger partial charge in [0.1, 0.15) is 0 Å². The zero-order chi connectivity index (χ0) is 14.8. The minimum atomic E-state index is -0.367. The smallest absolute Gasteiger partial charge is 0.317 e. The molecule has 4 nitrogen and oxygen atoms in total. The topological polar surface area (TPSA) is 56.0 Å². The van der Waals surface area contributed by atoms with Crippen LogP contribution in [0.3, 0.4) is 0 Å². The fourth-order valence-electron chi connectivity index (χ4n) is 2.35. The lowest BCUT2D eigenvalue weighted by Crippen LogP contribution is -2.40. The fourth-order valence-corrected chi connectivity index (χ4v) is 3.64. The van der Waals surface area contributed by atoms with Crippen molar-refractivity contribution in [2.75, 3.05) is 5.75 Å². The molecule has 1 aromatic heterocycles. The number of halogens is 1. The minimum absolute atomic E-state index is 0.0966. The highest BCUT2D eigenvalue weighted by Crippen LogP contribution is 2.37. The van der Waals surface area contributed by atoms with Crippen molar-refractivity contribution in [3.63, 3.8) is 0 Å². The van der Waals surface area contributed by atoms with Crippen molar-refractivity contribution >= 4 is 29.3 Å². The highest BCUT2D eigenvalue weighted by Gasteiger charge is 2.25. The summed E-state index contributed by atoms with van der Waals surface area (Å²) in [5, 5.41) is 15.2. The molecule has 1 N–H and O–H groups in total. The second-order valence-electron chi connectivity index (χ2n) is 4.76. The number of hydrogen-bond acceptors (Lipinski definition) is 3. The lowest BCUT2D eigenvalue weighted by molar-refractivity contribution is -0.607. The number of amides is 1. The zero-order valence-corrected chi connectivity index (χ0v) is 12.7. The number of nitrogens with one attached hydrogen (secondary N) is 1. The SMILES string of the molecule is O=C(N[C@H]1CCSc2ccc(Cl)cc21)c1cccc[n+]1[O-]. The number of thioether (sulfide) groups is 1. The summed E-state index contributed by atoms with van der Waals surface area (Å²) in [6.07, 6.45) is 2.13. The third kappa shape index (κ3) is 2.99. The van der Waals surface area contributed by atoms with Gasteiger partial charge in [0, 0.05) is 27.8 Å². The normalized spacial score (nSPS) is 17.1. The van der Waals surface area contributed by atoms with Crippen LogP contribution in [0, 0.1) is 5.21 Å². The highest BCUT2D eigenvalue weighted by atomic mass is 35.5. The first kappa shape index (κ1) is 14.2. The Balaban J connectivity index is 1.85. The van der Waals surface area contributed by atoms with E-state index in [9.17, 15) is 10.0 Å². The number of aromatic nitrogens is 1. The summed E-state index contributed by atoms with van der Waals surface area (Å²) in [7, 11) is 0. The van der Waals surface area contributed by atoms with E-state index in [0.717, 1.165) is 22.6 Å². The number of carbonyl (C=O) groups is 1. The van der Waals surface area contributed by atoms with Crippen LogP contribution in [-0.2, 0) is 0 Å². The Bertz CT molecular complexity index is 693. The monoisotopic (exact) mass is 320 g/mol. The molecule has 1 aliphatic rings. The van der Waals surface area contributed by atoms with Crippen LogP contribution in [0.15, 0.2) is 47.5 Å². The van der Waals surface area contributed by atoms with Crippen LogP contribution in [0.1, 0.15) is 28.5 Å². The zero-order valence-electron chi connectivity index (χ0n) is 11.1. The number of fused-ring (bicyclic) bond motifs is 1. The average Bonchev–Trinajstić information content (AvgIpc) is 2.48. The molecular formula is C15H13ClN2O2S. The molecule has 0 aliphatic carbocycles. The summed E-state index contributed by atoms with van der Waals surface area (Å²) in [6, 6.07) is 10.4. The summed E-state index contributed by atoms with van der Waals surface area (Å²) in [5.41, 5.74) is 1.11. The number of rotatable bonds is 2. The third-order valence-electron chi connectivity index (χ3n) is 3.37. The van der Waals surface area contributed by atoms with Gasteiger partial charge in [-0.15, -0.1) is 11.8 Å². The maximum Gasteiger partial charge on any atom is 0.317 e. The number of benzene rings is 1. The number of pyridine rings is 1. The van der Waals surface area contributed by atoms with E-state index in [1.165, 1.54) is 12.3 Å². The maximum atomic E-state index is 12.3. The standard InChI is InChI=1S/C15H13ClN2O2S/c16-10-4-5-14-11(9-10)12(6-8-21-14)17-15(19)13-3-1-2-7-18(13)20/h1-5,7,9,12H,6,8H2,(H,17,19)/t12-/m0/s1. The first-order chi connectivity index (χ1) is 10.1. The van der Waals surface area contributed by atoms with Crippen molar-refractivity contribution in [2.24, 2.45) is 0 Å². The van der Waals surface area contributed by atoms with Gasteiger partial charge in [0.15, 0.2) is 6.20 Å². The molecule has 0 saturated heterocycles. The van der Waals surface area contributed by atoms with Gasteiger partial charge in [0.2, 0.25) is 0 Å². The summed E-state index contributed by atoms with van der Waals surface area (Å²) >= 11 is 7.79. The van der Waals surface area contributed by atoms with Crippen LogP contribution < -0.4 is 10.0 Å². The molecule has 1 amide bonds. The van der Waals surface area contributed by atoms with Gasteiger partial charge < -0.3 is 10.5 Å². The summed E-state index contributed by atoms with van der Waals surface area (Å²) in [6.45, 7) is 0. The molecule has 108 valence electrons. The van der Waals surface area contributed by atoms with E-state index in [1.807, 2.05) is 18.2 Å². The maximum absolute atomic E-state index is 12.3. The van der Waals surface area contributed by atoms with Crippen molar-refractivity contribution in [1.82, 2.24) is 5.32 Å². The summed E-state index contributed by atoms with van der Waals surface area (Å²) < 4.78 is 0.575. The van der Waals surface area contributed by atoms with E-state index in [1.54, 1.807) is 23.9 Å². The molecule has 0 fully saturated rings. The molecule has 1 aliphatic heterocycles. The Morgan fingerprint density at radius 1 is 1.38 bits per heavy atom. The van der Waals surface area contributed by atoms with Crippen LogP contribution in [0.4, 0.5) is 0 Å². The van der Waals surface area contributed by atoms with Crippen LogP contribution >= 0.6 is 23.4 Å². The third-order valence-corrected chi connectivity index (χ3v) is 4.73. The molecule has 1 atom stereocenters. The van der Waals surface area contributed by atoms with Crippen LogP contribution in [0.25, 0.3) is 0 Å². The number of hydrogen-bond donors (Lipinski definition) is 1. The molecule has 0 spiro atoms. The van der Waals surface area contributed by atoms with Crippen molar-refractivity contribution in [2.45, 2.75) is 17.4 Å². The van der Waals surface area contributed by atoms with Crippen LogP contribution in [-0.4, -0.2) is 11.7 Å². The quantitative estimate of drug-likeness (QED) is 0.683. The molecule has 2 aromatic rings. The van der Waals surface area contributed by atoms with Crippen LogP contribution in [0.5, 0.6) is 0 Å². The van der Waals surface area contributed by atoms with Gasteiger partial charge in [-0.05, 0) is 36.2 Å². The predicted octanol–water partition coefficient (Wildman–Crippen LogP) is 2.94. The minimum Gasteiger partial charge on any atom is -0.618 e. The molecule has 2 heterocycles. The number of nitrogens with zero attached hydrogens (tertiary/aromatic N) is 1. The fraction of sp³-hybridized carbons (Fsp3) is 0.200. The average molecular weight is 321 g/mol. The van der Waals surface area contributed by atoms with Gasteiger partial charge >= 0.3 is 5.91 Å². The van der Waals surface area contributed by atoms with Gasteiger partial charge in [0.05, 0.1) is 6.04 Å². The second kappa shape index (κ2) is 5.95. The molecule has 21 heavy (non-hydrogen) atoms. The van der Waals surface area contributed by atoms with Gasteiger partial charge in [0.25, 0.3) is 5.69 Å². The van der Waals surface area contributed by atoms with Gasteiger partial charge in [-0.25, -0.2) is 0 Å². The van der Waals surface area contributed by atoms with Gasteiger partial charge in [-0.1, -0.05) is 11.6 Å². The highest BCUT2D eigenvalue weighted by molar-refractivity contribution is 7.99. The molecule has 6 heteroatoms. The molecule has 0 radical (unpaired) electrons. The first-order valence-corrected chi connectivity index (χ1v) is 7.93. The van der Waals surface area contributed by atoms with Crippen molar-refractivity contribution in [3.05, 3.63) is 64.1 Å². The predicted molar refractivity (Wildman–Crippen MR) is 82.4 cm³/mol. The molecule has 0 saturated carbocycles.